The second-order valence-electron chi connectivity index (χ2n) is 5.45. The van der Waals surface area contributed by atoms with Gasteiger partial charge in [0, 0.05) is 13.7 Å². The number of carbonyl (C=O) groups excluding carboxylic acids is 1. The smallest absolute Gasteiger partial charge is 0.270 e. The van der Waals surface area contributed by atoms with Gasteiger partial charge in [0.05, 0.1) is 18.3 Å². The number of hydrogen-bond acceptors (Lipinski definition) is 4. The van der Waals surface area contributed by atoms with Gasteiger partial charge in [0.25, 0.3) is 5.91 Å². The summed E-state index contributed by atoms with van der Waals surface area (Å²) in [5.74, 6) is 0.676. The Morgan fingerprint density at radius 2 is 2.15 bits per heavy atom. The minimum atomic E-state index is -0.834. The molecule has 20 heavy (non-hydrogen) atoms. The molecule has 0 fully saturated rings. The quantitative estimate of drug-likeness (QED) is 0.913. The van der Waals surface area contributed by atoms with Crippen molar-refractivity contribution in [3.8, 4) is 5.75 Å². The molecule has 1 aliphatic heterocycles. The summed E-state index contributed by atoms with van der Waals surface area (Å²) < 4.78 is 10.9. The van der Waals surface area contributed by atoms with Crippen molar-refractivity contribution in [3.05, 3.63) is 23.8 Å². The van der Waals surface area contributed by atoms with Crippen molar-refractivity contribution in [1.82, 2.24) is 0 Å². The van der Waals surface area contributed by atoms with Crippen LogP contribution < -0.4 is 15.4 Å². The largest absolute Gasteiger partial charge is 0.476 e. The van der Waals surface area contributed by atoms with Crippen LogP contribution in [0.25, 0.3) is 0 Å². The summed E-state index contributed by atoms with van der Waals surface area (Å²) in [5.41, 5.74) is 6.92. The summed E-state index contributed by atoms with van der Waals surface area (Å²) in [7, 11) is 1.62. The maximum atomic E-state index is 12.4. The zero-order chi connectivity index (χ0) is 14.9. The van der Waals surface area contributed by atoms with Crippen LogP contribution >= 0.6 is 0 Å². The molecule has 0 aromatic heterocycles. The molecule has 0 aliphatic carbocycles. The molecule has 0 radical (unpaired) electrons. The van der Waals surface area contributed by atoms with E-state index in [1.807, 2.05) is 25.1 Å². The van der Waals surface area contributed by atoms with E-state index in [1.54, 1.807) is 25.9 Å². The molecule has 5 nitrogen and oxygen atoms in total. The molecule has 2 rings (SSSR count). The monoisotopic (exact) mass is 278 g/mol. The lowest BCUT2D eigenvalue weighted by molar-refractivity contribution is -0.132. The summed E-state index contributed by atoms with van der Waals surface area (Å²) in [4.78, 5) is 14.1. The van der Waals surface area contributed by atoms with Crippen molar-refractivity contribution < 1.29 is 14.3 Å². The lowest BCUT2D eigenvalue weighted by Gasteiger charge is -2.38. The maximum Gasteiger partial charge on any atom is 0.270 e. The Balaban J connectivity index is 2.42. The minimum Gasteiger partial charge on any atom is -0.476 e. The SMILES string of the molecule is CCN1C(=O)C(C)(C)Oc2ccc(C(N)COC)cc21. The Kier molecular flexibility index (Phi) is 4.01. The van der Waals surface area contributed by atoms with Gasteiger partial charge in [-0.3, -0.25) is 4.79 Å². The van der Waals surface area contributed by atoms with E-state index in [0.29, 0.717) is 18.9 Å². The Morgan fingerprint density at radius 1 is 1.45 bits per heavy atom. The first-order valence-corrected chi connectivity index (χ1v) is 6.80. The van der Waals surface area contributed by atoms with Gasteiger partial charge in [-0.2, -0.15) is 0 Å². The van der Waals surface area contributed by atoms with Crippen LogP contribution in [0.5, 0.6) is 5.75 Å². The third kappa shape index (κ3) is 2.51. The summed E-state index contributed by atoms with van der Waals surface area (Å²) in [6.07, 6.45) is 0. The van der Waals surface area contributed by atoms with E-state index >= 15 is 0 Å². The number of nitrogens with zero attached hydrogens (tertiary/aromatic N) is 1. The Hall–Kier alpha value is -1.59. The lowest BCUT2D eigenvalue weighted by Crippen LogP contribution is -2.52. The predicted molar refractivity (Wildman–Crippen MR) is 78.0 cm³/mol. The van der Waals surface area contributed by atoms with Crippen LogP contribution in [0.2, 0.25) is 0 Å². The summed E-state index contributed by atoms with van der Waals surface area (Å²) in [6.45, 7) is 6.55. The number of amides is 1. The number of methoxy groups -OCH3 is 1. The van der Waals surface area contributed by atoms with E-state index in [9.17, 15) is 4.79 Å². The van der Waals surface area contributed by atoms with Gasteiger partial charge < -0.3 is 20.1 Å². The molecule has 2 N–H and O–H groups in total. The first-order chi connectivity index (χ1) is 9.40. The van der Waals surface area contributed by atoms with Crippen molar-refractivity contribution >= 4 is 11.6 Å². The van der Waals surface area contributed by atoms with E-state index in [0.717, 1.165) is 11.3 Å². The number of anilines is 1. The van der Waals surface area contributed by atoms with E-state index < -0.39 is 5.60 Å². The van der Waals surface area contributed by atoms with Crippen LogP contribution in [0.1, 0.15) is 32.4 Å². The summed E-state index contributed by atoms with van der Waals surface area (Å²) in [6, 6.07) is 5.49. The van der Waals surface area contributed by atoms with Crippen LogP contribution in [-0.4, -0.2) is 31.8 Å². The fourth-order valence-electron chi connectivity index (χ4n) is 2.40. The van der Waals surface area contributed by atoms with Gasteiger partial charge in [-0.15, -0.1) is 0 Å². The summed E-state index contributed by atoms with van der Waals surface area (Å²) in [5, 5.41) is 0. The van der Waals surface area contributed by atoms with E-state index in [4.69, 9.17) is 15.2 Å². The Labute approximate surface area is 119 Å². The van der Waals surface area contributed by atoms with Gasteiger partial charge in [-0.05, 0) is 38.5 Å². The molecule has 0 bridgehead atoms. The highest BCUT2D eigenvalue weighted by Crippen LogP contribution is 2.38. The van der Waals surface area contributed by atoms with Crippen LogP contribution in [-0.2, 0) is 9.53 Å². The highest BCUT2D eigenvalue weighted by Gasteiger charge is 2.40. The van der Waals surface area contributed by atoms with Crippen molar-refractivity contribution in [1.29, 1.82) is 0 Å². The standard InChI is InChI=1S/C15H22N2O3/c1-5-17-12-8-10(11(16)9-19-4)6-7-13(12)20-15(2,3)14(17)18/h6-8,11H,5,9,16H2,1-4H3. The zero-order valence-electron chi connectivity index (χ0n) is 12.5. The molecular formula is C15H22N2O3. The number of ether oxygens (including phenoxy) is 2. The molecule has 1 amide bonds. The van der Waals surface area contributed by atoms with E-state index in [1.165, 1.54) is 0 Å². The molecule has 1 heterocycles. The first kappa shape index (κ1) is 14.8. The second kappa shape index (κ2) is 5.42. The number of hydrogen-bond donors (Lipinski definition) is 1. The van der Waals surface area contributed by atoms with Crippen LogP contribution in [0.4, 0.5) is 5.69 Å². The van der Waals surface area contributed by atoms with Crippen LogP contribution in [0, 0.1) is 0 Å². The number of carbonyl (C=O) groups is 1. The maximum absolute atomic E-state index is 12.4. The van der Waals surface area contributed by atoms with Crippen molar-refractivity contribution in [2.45, 2.75) is 32.4 Å². The lowest BCUT2D eigenvalue weighted by atomic mass is 10.0. The number of rotatable bonds is 4. The number of likely N-dealkylation sites (N-methyl/N-ethyl adjacent to an activating group) is 1. The van der Waals surface area contributed by atoms with Crippen molar-refractivity contribution in [2.24, 2.45) is 5.73 Å². The molecule has 1 unspecified atom stereocenters. The van der Waals surface area contributed by atoms with Gasteiger partial charge in [-0.25, -0.2) is 0 Å². The van der Waals surface area contributed by atoms with Gasteiger partial charge in [0.2, 0.25) is 0 Å². The zero-order valence-corrected chi connectivity index (χ0v) is 12.5. The molecule has 1 aromatic rings. The fraction of sp³-hybridized carbons (Fsp3) is 0.533. The minimum absolute atomic E-state index is 0.0371. The predicted octanol–water partition coefficient (Wildman–Crippen LogP) is 1.86. The summed E-state index contributed by atoms with van der Waals surface area (Å²) >= 11 is 0. The second-order valence-corrected chi connectivity index (χ2v) is 5.45. The van der Waals surface area contributed by atoms with Gasteiger partial charge in [0.15, 0.2) is 5.60 Å². The third-order valence-electron chi connectivity index (χ3n) is 3.49. The molecule has 5 heteroatoms. The first-order valence-electron chi connectivity index (χ1n) is 6.80. The highest BCUT2D eigenvalue weighted by molar-refractivity contribution is 6.02. The molecule has 0 saturated heterocycles. The number of nitrogens with two attached hydrogens (primary N) is 1. The Morgan fingerprint density at radius 3 is 2.75 bits per heavy atom. The van der Waals surface area contributed by atoms with E-state index in [-0.39, 0.29) is 11.9 Å². The van der Waals surface area contributed by atoms with Gasteiger partial charge in [-0.1, -0.05) is 6.07 Å². The normalized spacial score (nSPS) is 18.4. The van der Waals surface area contributed by atoms with Crippen LogP contribution in [0.3, 0.4) is 0 Å². The Bertz CT molecular complexity index is 514. The van der Waals surface area contributed by atoms with E-state index in [2.05, 4.69) is 0 Å². The molecule has 1 aliphatic rings. The average Bonchev–Trinajstić information content (AvgIpc) is 2.40. The van der Waals surface area contributed by atoms with Gasteiger partial charge >= 0.3 is 0 Å². The molecule has 0 saturated carbocycles. The van der Waals surface area contributed by atoms with Crippen molar-refractivity contribution in [3.63, 3.8) is 0 Å². The fourth-order valence-corrected chi connectivity index (χ4v) is 2.40. The molecular weight excluding hydrogens is 256 g/mol. The topological polar surface area (TPSA) is 64.8 Å². The van der Waals surface area contributed by atoms with Crippen molar-refractivity contribution in [2.75, 3.05) is 25.2 Å². The molecule has 0 spiro atoms. The highest BCUT2D eigenvalue weighted by atomic mass is 16.5. The third-order valence-corrected chi connectivity index (χ3v) is 3.49. The molecule has 1 atom stereocenters. The van der Waals surface area contributed by atoms with Crippen LogP contribution in [0.15, 0.2) is 18.2 Å². The van der Waals surface area contributed by atoms with Gasteiger partial charge in [0.1, 0.15) is 5.75 Å². The molecule has 110 valence electrons. The number of fused-ring (bicyclic) bond motifs is 1. The average molecular weight is 278 g/mol. The molecule has 1 aromatic carbocycles. The number of benzene rings is 1.